The fourth-order valence-electron chi connectivity index (χ4n) is 4.43. The van der Waals surface area contributed by atoms with E-state index < -0.39 is 49.7 Å². The lowest BCUT2D eigenvalue weighted by Crippen LogP contribution is -2.50. The second kappa shape index (κ2) is 12.4. The van der Waals surface area contributed by atoms with Crippen LogP contribution in [0, 0.1) is 17.6 Å². The van der Waals surface area contributed by atoms with Crippen molar-refractivity contribution in [3.8, 4) is 0 Å². The molecule has 0 radical (unpaired) electrons. The van der Waals surface area contributed by atoms with E-state index >= 15 is 0 Å². The first-order valence-corrected chi connectivity index (χ1v) is 16.2. The molecule has 0 saturated carbocycles. The van der Waals surface area contributed by atoms with Crippen LogP contribution in [-0.4, -0.2) is 69.3 Å². The molecule has 2 amide bonds. The molecule has 1 aromatic carbocycles. The van der Waals surface area contributed by atoms with Gasteiger partial charge in [0.1, 0.15) is 17.2 Å². The summed E-state index contributed by atoms with van der Waals surface area (Å²) in [6, 6.07) is 3.24. The Labute approximate surface area is 227 Å². The molecule has 2 rings (SSSR count). The number of likely N-dealkylation sites (tertiary alicyclic amines) is 1. The number of carbonyl (C=O) groups excluding carboxylic acids is 2. The van der Waals surface area contributed by atoms with Crippen LogP contribution < -0.4 is 5.32 Å². The third-order valence-electron chi connectivity index (χ3n) is 7.49. The van der Waals surface area contributed by atoms with Gasteiger partial charge in [0.15, 0.2) is 8.32 Å². The van der Waals surface area contributed by atoms with E-state index in [4.69, 9.17) is 13.9 Å². The van der Waals surface area contributed by atoms with Crippen LogP contribution in [0.3, 0.4) is 0 Å². The zero-order valence-electron chi connectivity index (χ0n) is 24.6. The Morgan fingerprint density at radius 3 is 2.21 bits per heavy atom. The predicted octanol–water partition coefficient (Wildman–Crippen LogP) is 5.67. The molecule has 7 nitrogen and oxygen atoms in total. The van der Waals surface area contributed by atoms with Crippen molar-refractivity contribution < 1.29 is 32.3 Å². The lowest BCUT2D eigenvalue weighted by molar-refractivity contribution is -0.130. The fourth-order valence-corrected chi connectivity index (χ4v) is 5.79. The normalized spacial score (nSPS) is 20.3. The van der Waals surface area contributed by atoms with Crippen LogP contribution in [0.15, 0.2) is 18.2 Å². The maximum atomic E-state index is 14.0. The molecule has 1 heterocycles. The van der Waals surface area contributed by atoms with Gasteiger partial charge in [0, 0.05) is 25.8 Å². The Kier molecular flexibility index (Phi) is 10.5. The molecule has 1 aliphatic heterocycles. The second-order valence-electron chi connectivity index (χ2n) is 12.7. The topological polar surface area (TPSA) is 77.1 Å². The van der Waals surface area contributed by atoms with Gasteiger partial charge in [0.2, 0.25) is 5.91 Å². The van der Waals surface area contributed by atoms with Crippen LogP contribution in [0.5, 0.6) is 0 Å². The summed E-state index contributed by atoms with van der Waals surface area (Å²) in [6.07, 6.45) is -0.813. The summed E-state index contributed by atoms with van der Waals surface area (Å²) in [5, 5.41) is 2.76. The number of hydrogen-bond donors (Lipinski definition) is 1. The number of benzene rings is 1. The molecule has 4 atom stereocenters. The summed E-state index contributed by atoms with van der Waals surface area (Å²) < 4.78 is 46.0. The molecule has 216 valence electrons. The van der Waals surface area contributed by atoms with Crippen LogP contribution in [-0.2, 0) is 25.1 Å². The summed E-state index contributed by atoms with van der Waals surface area (Å²) in [4.78, 5) is 27.9. The van der Waals surface area contributed by atoms with E-state index in [2.05, 4.69) is 39.2 Å². The van der Waals surface area contributed by atoms with E-state index in [1.54, 1.807) is 11.8 Å². The van der Waals surface area contributed by atoms with Crippen LogP contribution in [0.25, 0.3) is 0 Å². The highest BCUT2D eigenvalue weighted by Crippen LogP contribution is 2.40. The Morgan fingerprint density at radius 1 is 1.13 bits per heavy atom. The van der Waals surface area contributed by atoms with E-state index in [9.17, 15) is 18.4 Å². The quantitative estimate of drug-likeness (QED) is 0.397. The van der Waals surface area contributed by atoms with Crippen molar-refractivity contribution in [3.05, 3.63) is 35.4 Å². The van der Waals surface area contributed by atoms with E-state index in [1.807, 2.05) is 20.8 Å². The summed E-state index contributed by atoms with van der Waals surface area (Å²) in [5.41, 5.74) is -0.755. The Balaban J connectivity index is 2.18. The Morgan fingerprint density at radius 2 is 1.71 bits per heavy atom. The van der Waals surface area contributed by atoms with Gasteiger partial charge in [-0.1, -0.05) is 33.8 Å². The van der Waals surface area contributed by atoms with Crippen LogP contribution in [0.1, 0.15) is 60.5 Å². The van der Waals surface area contributed by atoms with Crippen molar-refractivity contribution >= 4 is 20.3 Å². The fraction of sp³-hybridized carbons (Fsp3) is 0.714. The molecule has 38 heavy (non-hydrogen) atoms. The Hall–Kier alpha value is -2.04. The molecule has 0 aromatic heterocycles. The zero-order chi connectivity index (χ0) is 29.1. The van der Waals surface area contributed by atoms with Gasteiger partial charge in [-0.25, -0.2) is 13.6 Å². The van der Waals surface area contributed by atoms with Crippen molar-refractivity contribution in [1.82, 2.24) is 10.2 Å². The van der Waals surface area contributed by atoms with E-state index in [0.29, 0.717) is 13.0 Å². The maximum absolute atomic E-state index is 14.0. The summed E-state index contributed by atoms with van der Waals surface area (Å²) in [7, 11) is -0.612. The molecule has 2 unspecified atom stereocenters. The SMILES string of the molecule is CO[C@@H](C1CC(O[Si](C)(C)C(C)(C)C)CN1C(=O)OC(C)(C)C)[C@@H](C)C(=O)NCCc1c(F)cccc1F. The van der Waals surface area contributed by atoms with Gasteiger partial charge >= 0.3 is 6.09 Å². The molecule has 0 aliphatic carbocycles. The van der Waals surface area contributed by atoms with Crippen LogP contribution >= 0.6 is 0 Å². The number of amides is 2. The first kappa shape index (κ1) is 32.2. The van der Waals surface area contributed by atoms with Crippen molar-refractivity contribution in [2.24, 2.45) is 5.92 Å². The molecule has 0 bridgehead atoms. The van der Waals surface area contributed by atoms with Crippen LogP contribution in [0.4, 0.5) is 13.6 Å². The van der Waals surface area contributed by atoms with Crippen LogP contribution in [0.2, 0.25) is 18.1 Å². The minimum absolute atomic E-state index is 0.00657. The van der Waals surface area contributed by atoms with Crippen molar-refractivity contribution in [2.45, 2.75) is 103 Å². The lowest BCUT2D eigenvalue weighted by atomic mass is 9.94. The number of nitrogens with zero attached hydrogens (tertiary/aromatic N) is 1. The zero-order valence-corrected chi connectivity index (χ0v) is 25.6. The first-order valence-electron chi connectivity index (χ1n) is 13.3. The first-order chi connectivity index (χ1) is 17.4. The number of carbonyl (C=O) groups is 2. The van der Waals surface area contributed by atoms with Crippen molar-refractivity contribution in [3.63, 3.8) is 0 Å². The average molecular weight is 557 g/mol. The van der Waals surface area contributed by atoms with E-state index in [0.717, 1.165) is 0 Å². The smallest absolute Gasteiger partial charge is 0.410 e. The van der Waals surface area contributed by atoms with E-state index in [1.165, 1.54) is 25.3 Å². The monoisotopic (exact) mass is 556 g/mol. The highest BCUT2D eigenvalue weighted by molar-refractivity contribution is 6.74. The predicted molar refractivity (Wildman–Crippen MR) is 146 cm³/mol. The van der Waals surface area contributed by atoms with Gasteiger partial charge in [-0.2, -0.15) is 0 Å². The average Bonchev–Trinajstić information content (AvgIpc) is 3.17. The number of hydrogen-bond acceptors (Lipinski definition) is 5. The molecule has 1 aromatic rings. The molecule has 10 heteroatoms. The van der Waals surface area contributed by atoms with Gasteiger partial charge < -0.3 is 19.2 Å². The maximum Gasteiger partial charge on any atom is 0.410 e. The molecular weight excluding hydrogens is 510 g/mol. The third-order valence-corrected chi connectivity index (χ3v) is 12.0. The van der Waals surface area contributed by atoms with Gasteiger partial charge in [0.25, 0.3) is 0 Å². The molecular formula is C28H46F2N2O5Si. The summed E-state index contributed by atoms with van der Waals surface area (Å²) in [6.45, 7) is 18.4. The standard InChI is InChI=1S/C28H46F2N2O5Si/c1-18(25(33)31-15-14-20-21(29)12-11-13-22(20)30)24(35-8)23-16-19(37-38(9,10)28(5,6)7)17-32(23)26(34)36-27(2,3)4/h11-13,18-19,23-24H,14-17H2,1-10H3,(H,31,33)/t18-,19?,23?,24-/m1/s1. The minimum atomic E-state index is -2.12. The number of nitrogens with one attached hydrogen (secondary N) is 1. The van der Waals surface area contributed by atoms with Crippen molar-refractivity contribution in [1.29, 1.82) is 0 Å². The van der Waals surface area contributed by atoms with Gasteiger partial charge in [-0.15, -0.1) is 0 Å². The number of methoxy groups -OCH3 is 1. The Bertz CT molecular complexity index is 957. The van der Waals surface area contributed by atoms with Crippen molar-refractivity contribution in [2.75, 3.05) is 20.2 Å². The highest BCUT2D eigenvalue weighted by Gasteiger charge is 2.48. The molecule has 1 saturated heterocycles. The van der Waals surface area contributed by atoms with Gasteiger partial charge in [0.05, 0.1) is 24.2 Å². The molecule has 1 N–H and O–H groups in total. The largest absolute Gasteiger partial charge is 0.444 e. The minimum Gasteiger partial charge on any atom is -0.444 e. The molecule has 0 spiro atoms. The lowest BCUT2D eigenvalue weighted by Gasteiger charge is -2.38. The van der Waals surface area contributed by atoms with Gasteiger partial charge in [-0.3, -0.25) is 9.69 Å². The third kappa shape index (κ3) is 8.23. The summed E-state index contributed by atoms with van der Waals surface area (Å²) in [5.74, 6) is -2.26. The highest BCUT2D eigenvalue weighted by atomic mass is 28.4. The number of halogens is 2. The second-order valence-corrected chi connectivity index (χ2v) is 17.4. The molecule has 1 fully saturated rings. The van der Waals surface area contributed by atoms with E-state index in [-0.39, 0.29) is 35.6 Å². The number of ether oxygens (including phenoxy) is 2. The number of rotatable bonds is 9. The molecule has 1 aliphatic rings. The van der Waals surface area contributed by atoms with Gasteiger partial charge in [-0.05, 0) is 63.9 Å². The summed E-state index contributed by atoms with van der Waals surface area (Å²) >= 11 is 0.